The lowest BCUT2D eigenvalue weighted by Crippen LogP contribution is -2.13. The fourth-order valence-corrected chi connectivity index (χ4v) is 9.69. The van der Waals surface area contributed by atoms with Crippen molar-refractivity contribution in [1.82, 2.24) is 34.9 Å². The van der Waals surface area contributed by atoms with Crippen molar-refractivity contribution in [3.05, 3.63) is 162 Å². The van der Waals surface area contributed by atoms with E-state index in [1.807, 2.05) is 84.9 Å². The molecule has 0 amide bonds. The topological polar surface area (TPSA) is 133 Å². The molecule has 6 aromatic heterocycles. The summed E-state index contributed by atoms with van der Waals surface area (Å²) in [6.45, 7) is 28.9. The van der Waals surface area contributed by atoms with Gasteiger partial charge in [0.15, 0.2) is 0 Å². The number of fused-ring (bicyclic) bond motifs is 8. The van der Waals surface area contributed by atoms with E-state index in [1.54, 1.807) is 12.4 Å². The summed E-state index contributed by atoms with van der Waals surface area (Å²) in [5.41, 5.74) is 13.8. The first kappa shape index (κ1) is 58.4. The maximum Gasteiger partial charge on any atom is 0.131 e. The van der Waals surface area contributed by atoms with Crippen molar-refractivity contribution in [2.24, 2.45) is 21.7 Å². The molecule has 8 aromatic rings. The number of aromatic nitrogens is 7. The van der Waals surface area contributed by atoms with Crippen molar-refractivity contribution < 1.29 is 18.9 Å². The van der Waals surface area contributed by atoms with Gasteiger partial charge < -0.3 is 28.9 Å². The number of aromatic amines is 2. The molecule has 0 fully saturated rings. The van der Waals surface area contributed by atoms with Crippen LogP contribution in [-0.2, 0) is 0 Å². The molecule has 84 heavy (non-hydrogen) atoms. The summed E-state index contributed by atoms with van der Waals surface area (Å²) in [5.74, 6) is 10.1. The molecule has 0 saturated carbocycles. The Labute approximate surface area is 496 Å². The number of H-pyrrole nitrogens is 2. The summed E-state index contributed by atoms with van der Waals surface area (Å²) in [6, 6.07) is 38.2. The lowest BCUT2D eigenvalue weighted by Gasteiger charge is -2.22. The Bertz CT molecular complexity index is 3740. The zero-order valence-electron chi connectivity index (χ0n) is 51.0. The standard InChI is InChI=1S/C73H79N7O4/c1-70(2,3)35-41-81-62-21-17-22-63(82-42-36-71(4,5)6)68(62)66-56-29-26-49(76-56)47-50-27-30-57(77-50)67(69-64(83-43-37-72(7,8)9)23-18-24-65(69)84-44-38-73(10,11)12)59-34-32-53(79-59)51(52-31-33-58(66)78-52)28-25-48-45-60(54-19-13-15-39-74-54)80-61(46-48)55-20-14-16-40-75-55/h13-24,26-27,29-34,39-40,45-47,76,79H,35-38,41-44H2,1-12H3. The summed E-state index contributed by atoms with van der Waals surface area (Å²) in [4.78, 5) is 33.1. The second-order valence-electron chi connectivity index (χ2n) is 26.6. The van der Waals surface area contributed by atoms with Crippen LogP contribution in [0.4, 0.5) is 0 Å². The Morgan fingerprint density at radius 1 is 0.381 bits per heavy atom. The fourth-order valence-electron chi connectivity index (χ4n) is 9.69. The zero-order valence-corrected chi connectivity index (χ0v) is 51.0. The van der Waals surface area contributed by atoms with E-state index in [1.165, 1.54) is 0 Å². The van der Waals surface area contributed by atoms with Gasteiger partial charge in [0.1, 0.15) is 23.0 Å². The van der Waals surface area contributed by atoms with Gasteiger partial charge in [0.2, 0.25) is 0 Å². The van der Waals surface area contributed by atoms with E-state index in [-0.39, 0.29) is 21.7 Å². The van der Waals surface area contributed by atoms with Crippen LogP contribution < -0.4 is 18.9 Å². The highest BCUT2D eigenvalue weighted by atomic mass is 16.5. The molecule has 8 bridgehead atoms. The highest BCUT2D eigenvalue weighted by molar-refractivity contribution is 5.98. The number of hydrogen-bond donors (Lipinski definition) is 2. The second-order valence-corrected chi connectivity index (χ2v) is 26.6. The number of nitrogens with one attached hydrogen (secondary N) is 2. The molecule has 11 nitrogen and oxygen atoms in total. The summed E-state index contributed by atoms with van der Waals surface area (Å²) < 4.78 is 27.3. The van der Waals surface area contributed by atoms with Gasteiger partial charge in [-0.15, -0.1) is 0 Å². The number of benzene rings is 2. The highest BCUT2D eigenvalue weighted by Gasteiger charge is 2.25. The molecule has 0 unspecified atom stereocenters. The average Bonchev–Trinajstić information content (AvgIpc) is 3.80. The molecule has 0 radical (unpaired) electrons. The Balaban J connectivity index is 1.28. The Morgan fingerprint density at radius 2 is 0.821 bits per heavy atom. The molecule has 2 N–H and O–H groups in total. The molecule has 8 heterocycles. The lowest BCUT2D eigenvalue weighted by molar-refractivity contribution is 0.235. The normalized spacial score (nSPS) is 12.5. The summed E-state index contributed by atoms with van der Waals surface area (Å²) in [5, 5.41) is 0. The molecule has 11 heteroatoms. The maximum atomic E-state index is 6.83. The maximum absolute atomic E-state index is 6.83. The number of pyridine rings is 3. The van der Waals surface area contributed by atoms with Gasteiger partial charge in [0.05, 0.1) is 94.2 Å². The first-order chi connectivity index (χ1) is 40.1. The van der Waals surface area contributed by atoms with Crippen molar-refractivity contribution in [2.75, 3.05) is 26.4 Å². The van der Waals surface area contributed by atoms with Crippen LogP contribution in [0.5, 0.6) is 23.0 Å². The van der Waals surface area contributed by atoms with Crippen LogP contribution >= 0.6 is 0 Å². The van der Waals surface area contributed by atoms with Crippen molar-refractivity contribution in [1.29, 1.82) is 0 Å². The summed E-state index contributed by atoms with van der Waals surface area (Å²) in [6.07, 6.45) is 15.2. The van der Waals surface area contributed by atoms with Gasteiger partial charge in [-0.1, -0.05) is 119 Å². The van der Waals surface area contributed by atoms with Crippen LogP contribution in [0.25, 0.3) is 91.4 Å². The van der Waals surface area contributed by atoms with E-state index in [9.17, 15) is 0 Å². The first-order valence-corrected chi connectivity index (χ1v) is 29.4. The van der Waals surface area contributed by atoms with Crippen molar-refractivity contribution in [2.45, 2.75) is 109 Å². The predicted molar refractivity (Wildman–Crippen MR) is 345 cm³/mol. The van der Waals surface area contributed by atoms with Crippen molar-refractivity contribution in [3.8, 4) is 79.9 Å². The van der Waals surface area contributed by atoms with Gasteiger partial charge >= 0.3 is 0 Å². The van der Waals surface area contributed by atoms with E-state index in [0.29, 0.717) is 77.8 Å². The van der Waals surface area contributed by atoms with Gasteiger partial charge in [-0.3, -0.25) is 9.97 Å². The predicted octanol–water partition coefficient (Wildman–Crippen LogP) is 18.2. The van der Waals surface area contributed by atoms with Gasteiger partial charge in [-0.25, -0.2) is 15.0 Å². The van der Waals surface area contributed by atoms with Crippen LogP contribution in [0, 0.1) is 33.5 Å². The minimum atomic E-state index is 0.0578. The number of ether oxygens (including phenoxy) is 4. The first-order valence-electron chi connectivity index (χ1n) is 29.4. The smallest absolute Gasteiger partial charge is 0.131 e. The highest BCUT2D eigenvalue weighted by Crippen LogP contribution is 2.46. The Morgan fingerprint density at radius 3 is 1.30 bits per heavy atom. The van der Waals surface area contributed by atoms with Crippen LogP contribution in [0.2, 0.25) is 0 Å². The second kappa shape index (κ2) is 24.6. The van der Waals surface area contributed by atoms with Crippen LogP contribution in [0.3, 0.4) is 0 Å². The van der Waals surface area contributed by atoms with Gasteiger partial charge in [-0.05, 0) is 163 Å². The molecule has 430 valence electrons. The van der Waals surface area contributed by atoms with Gasteiger partial charge in [-0.2, -0.15) is 0 Å². The number of hydrogen-bond acceptors (Lipinski definition) is 9. The molecule has 2 aliphatic rings. The Kier molecular flexibility index (Phi) is 17.1. The molecule has 10 rings (SSSR count). The quantitative estimate of drug-likeness (QED) is 0.0907. The lowest BCUT2D eigenvalue weighted by atomic mass is 9.93. The fraction of sp³-hybridized carbons (Fsp3) is 0.329. The number of rotatable bonds is 16. The zero-order chi connectivity index (χ0) is 59.2. The minimum absolute atomic E-state index is 0.0578. The molecular formula is C73H79N7O4. The summed E-state index contributed by atoms with van der Waals surface area (Å²) >= 11 is 0. The van der Waals surface area contributed by atoms with Crippen molar-refractivity contribution >= 4 is 46.4 Å². The van der Waals surface area contributed by atoms with Crippen molar-refractivity contribution in [3.63, 3.8) is 0 Å². The summed E-state index contributed by atoms with van der Waals surface area (Å²) in [7, 11) is 0. The largest absolute Gasteiger partial charge is 0.493 e. The molecule has 0 spiro atoms. The average molecular weight is 1120 g/mol. The molecular weight excluding hydrogens is 1040 g/mol. The SMILES string of the molecule is CC(C)(C)CCOc1cccc(OCCC(C)(C)C)c1-c1c2nc(c(C#Cc3cc(-c4ccccn4)nc(-c4ccccn4)c3)c3ccc([nH]3)c(-c3c(OCCC(C)(C)C)cccc3OCCC(C)(C)C)c3nc(cc4ccc1[nH]4)C=C3)C=C2. The molecule has 0 atom stereocenters. The van der Waals surface area contributed by atoms with E-state index in [0.717, 1.165) is 98.3 Å². The third-order valence-corrected chi connectivity index (χ3v) is 14.5. The third kappa shape index (κ3) is 14.9. The monoisotopic (exact) mass is 1120 g/mol. The molecule has 0 saturated heterocycles. The van der Waals surface area contributed by atoms with E-state index in [4.69, 9.17) is 33.9 Å². The van der Waals surface area contributed by atoms with Gasteiger partial charge in [0.25, 0.3) is 0 Å². The van der Waals surface area contributed by atoms with E-state index in [2.05, 4.69) is 169 Å². The van der Waals surface area contributed by atoms with Crippen LogP contribution in [-0.4, -0.2) is 61.3 Å². The molecule has 2 aliphatic heterocycles. The Hall–Kier alpha value is -8.75. The minimum Gasteiger partial charge on any atom is -0.493 e. The van der Waals surface area contributed by atoms with Gasteiger partial charge in [0, 0.05) is 45.6 Å². The molecule has 0 aliphatic carbocycles. The molecule has 2 aromatic carbocycles. The third-order valence-electron chi connectivity index (χ3n) is 14.5. The number of nitrogens with zero attached hydrogens (tertiary/aromatic N) is 5. The van der Waals surface area contributed by atoms with Crippen LogP contribution in [0.1, 0.15) is 143 Å². The van der Waals surface area contributed by atoms with E-state index >= 15 is 0 Å². The van der Waals surface area contributed by atoms with E-state index < -0.39 is 0 Å². The van der Waals surface area contributed by atoms with Crippen LogP contribution in [0.15, 0.2) is 128 Å².